The average Bonchev–Trinajstić information content (AvgIpc) is 2.68. The monoisotopic (exact) mass is 407 g/mol. The van der Waals surface area contributed by atoms with Crippen molar-refractivity contribution in [3.8, 4) is 0 Å². The molecule has 6 nitrogen and oxygen atoms in total. The maximum atomic E-state index is 13.3. The van der Waals surface area contributed by atoms with Crippen LogP contribution in [0.5, 0.6) is 0 Å². The number of allylic oxidation sites excluding steroid dienone is 2. The molecule has 1 aliphatic carbocycles. The molecular formula is C24H29N3O3. The van der Waals surface area contributed by atoms with Crippen molar-refractivity contribution >= 4 is 11.6 Å². The Kier molecular flexibility index (Phi) is 4.64. The molecule has 0 saturated carbocycles. The summed E-state index contributed by atoms with van der Waals surface area (Å²) in [5.74, 6) is 0.0996. The Labute approximate surface area is 176 Å². The second-order valence-electron chi connectivity index (χ2n) is 9.60. The van der Waals surface area contributed by atoms with Crippen LogP contribution < -0.4 is 16.6 Å². The quantitative estimate of drug-likeness (QED) is 0.829. The van der Waals surface area contributed by atoms with Crippen LogP contribution in [-0.2, 0) is 18.9 Å². The number of nitrogens with one attached hydrogen (secondary N) is 1. The molecule has 0 radical (unpaired) electrons. The van der Waals surface area contributed by atoms with Gasteiger partial charge in [0.25, 0.3) is 5.56 Å². The Balaban J connectivity index is 2.03. The molecule has 0 saturated heterocycles. The fraction of sp³-hybridized carbons (Fsp3) is 0.458. The molecule has 2 heterocycles. The van der Waals surface area contributed by atoms with Crippen molar-refractivity contribution < 1.29 is 4.79 Å². The highest BCUT2D eigenvalue weighted by atomic mass is 16.2. The van der Waals surface area contributed by atoms with Gasteiger partial charge in [-0.3, -0.25) is 18.7 Å². The molecule has 4 rings (SSSR count). The molecule has 6 heteroatoms. The minimum Gasteiger partial charge on any atom is -0.344 e. The fourth-order valence-corrected chi connectivity index (χ4v) is 4.83. The highest BCUT2D eigenvalue weighted by Crippen LogP contribution is 2.47. The topological polar surface area (TPSA) is 73.1 Å². The van der Waals surface area contributed by atoms with Gasteiger partial charge in [-0.15, -0.1) is 0 Å². The van der Waals surface area contributed by atoms with E-state index in [9.17, 15) is 14.4 Å². The predicted octanol–water partition coefficient (Wildman–Crippen LogP) is 3.26. The summed E-state index contributed by atoms with van der Waals surface area (Å²) in [6, 6.07) is 8.16. The zero-order valence-electron chi connectivity index (χ0n) is 18.4. The molecule has 30 heavy (non-hydrogen) atoms. The van der Waals surface area contributed by atoms with Crippen molar-refractivity contribution in [1.82, 2.24) is 9.13 Å². The van der Waals surface area contributed by atoms with E-state index in [1.807, 2.05) is 26.0 Å². The van der Waals surface area contributed by atoms with Crippen LogP contribution in [0, 0.1) is 11.3 Å². The van der Waals surface area contributed by atoms with Gasteiger partial charge in [0.1, 0.15) is 11.6 Å². The number of aromatic nitrogens is 2. The van der Waals surface area contributed by atoms with Gasteiger partial charge >= 0.3 is 5.69 Å². The minimum absolute atomic E-state index is 0.115. The summed E-state index contributed by atoms with van der Waals surface area (Å²) in [6.07, 6.45) is 2.50. The van der Waals surface area contributed by atoms with E-state index < -0.39 is 11.8 Å². The van der Waals surface area contributed by atoms with Crippen LogP contribution in [0.3, 0.4) is 0 Å². The van der Waals surface area contributed by atoms with E-state index in [2.05, 4.69) is 37.4 Å². The number of carbonyl (C=O) groups is 1. The van der Waals surface area contributed by atoms with Crippen molar-refractivity contribution in [3.05, 3.63) is 73.6 Å². The molecule has 2 aromatic rings. The van der Waals surface area contributed by atoms with Gasteiger partial charge in [-0.05, 0) is 22.5 Å². The number of benzene rings is 1. The number of anilines is 1. The normalized spacial score (nSPS) is 22.2. The minimum atomic E-state index is -0.458. The molecule has 0 fully saturated rings. The zero-order chi connectivity index (χ0) is 22.0. The number of Topliss-reactive ketones (excluding diaryl/α,β-unsaturated/α-hetero) is 1. The van der Waals surface area contributed by atoms with Gasteiger partial charge in [0.2, 0.25) is 0 Å². The second kappa shape index (κ2) is 6.83. The Morgan fingerprint density at radius 3 is 2.23 bits per heavy atom. The lowest BCUT2D eigenvalue weighted by Gasteiger charge is -2.41. The first kappa shape index (κ1) is 20.4. The third kappa shape index (κ3) is 3.06. The van der Waals surface area contributed by atoms with Crippen LogP contribution >= 0.6 is 0 Å². The van der Waals surface area contributed by atoms with Gasteiger partial charge in [0, 0.05) is 32.1 Å². The second-order valence-corrected chi connectivity index (χ2v) is 9.60. The number of nitrogens with zero attached hydrogens (tertiary/aromatic N) is 2. The van der Waals surface area contributed by atoms with Crippen molar-refractivity contribution in [3.63, 3.8) is 0 Å². The van der Waals surface area contributed by atoms with Crippen LogP contribution in [0.4, 0.5) is 5.82 Å². The summed E-state index contributed by atoms with van der Waals surface area (Å²) in [7, 11) is 3.14. The Hall–Kier alpha value is -2.89. The maximum Gasteiger partial charge on any atom is 0.332 e. The number of rotatable bonds is 2. The van der Waals surface area contributed by atoms with E-state index in [4.69, 9.17) is 0 Å². The lowest BCUT2D eigenvalue weighted by atomic mass is 9.67. The summed E-state index contributed by atoms with van der Waals surface area (Å²) in [5, 5.41) is 3.28. The molecule has 158 valence electrons. The lowest BCUT2D eigenvalue weighted by Crippen LogP contribution is -2.47. The summed E-state index contributed by atoms with van der Waals surface area (Å²) in [5.41, 5.74) is 2.36. The summed E-state index contributed by atoms with van der Waals surface area (Å²) in [4.78, 5) is 39.1. The molecule has 1 aromatic heterocycles. The molecule has 1 aliphatic heterocycles. The Morgan fingerprint density at radius 1 is 1.00 bits per heavy atom. The smallest absolute Gasteiger partial charge is 0.332 e. The molecule has 0 bridgehead atoms. The summed E-state index contributed by atoms with van der Waals surface area (Å²) < 4.78 is 2.59. The molecule has 0 spiro atoms. The van der Waals surface area contributed by atoms with E-state index in [0.29, 0.717) is 23.7 Å². The van der Waals surface area contributed by atoms with Crippen molar-refractivity contribution in [2.45, 2.75) is 46.0 Å². The number of hydrogen-bond acceptors (Lipinski definition) is 4. The van der Waals surface area contributed by atoms with Gasteiger partial charge < -0.3 is 5.32 Å². The predicted molar refractivity (Wildman–Crippen MR) is 118 cm³/mol. The van der Waals surface area contributed by atoms with E-state index >= 15 is 0 Å². The van der Waals surface area contributed by atoms with E-state index in [-0.39, 0.29) is 22.4 Å². The summed E-state index contributed by atoms with van der Waals surface area (Å²) in [6.45, 7) is 8.32. The summed E-state index contributed by atoms with van der Waals surface area (Å²) >= 11 is 0. The van der Waals surface area contributed by atoms with Crippen molar-refractivity contribution in [2.75, 3.05) is 5.32 Å². The zero-order valence-corrected chi connectivity index (χ0v) is 18.4. The third-order valence-corrected chi connectivity index (χ3v) is 6.43. The fourth-order valence-electron chi connectivity index (χ4n) is 4.83. The third-order valence-electron chi connectivity index (χ3n) is 6.43. The largest absolute Gasteiger partial charge is 0.344 e. The van der Waals surface area contributed by atoms with E-state index in [1.165, 1.54) is 17.2 Å². The Bertz CT molecular complexity index is 1180. The van der Waals surface area contributed by atoms with E-state index in [1.54, 1.807) is 7.05 Å². The van der Waals surface area contributed by atoms with Gasteiger partial charge in [0.05, 0.1) is 11.5 Å². The van der Waals surface area contributed by atoms with Crippen molar-refractivity contribution in [1.29, 1.82) is 0 Å². The van der Waals surface area contributed by atoms with Gasteiger partial charge in [-0.25, -0.2) is 4.79 Å². The highest BCUT2D eigenvalue weighted by molar-refractivity contribution is 5.90. The van der Waals surface area contributed by atoms with Crippen LogP contribution in [0.2, 0.25) is 0 Å². The van der Waals surface area contributed by atoms with Gasteiger partial charge in [-0.2, -0.15) is 0 Å². The van der Waals surface area contributed by atoms with Crippen LogP contribution in [0.25, 0.3) is 0 Å². The van der Waals surface area contributed by atoms with Gasteiger partial charge in [-0.1, -0.05) is 58.0 Å². The molecule has 1 aromatic carbocycles. The van der Waals surface area contributed by atoms with Crippen LogP contribution in [-0.4, -0.2) is 14.9 Å². The molecule has 2 atom stereocenters. The lowest BCUT2D eigenvalue weighted by molar-refractivity contribution is -0.124. The molecule has 2 aliphatic rings. The first-order valence-electron chi connectivity index (χ1n) is 10.4. The highest BCUT2D eigenvalue weighted by Gasteiger charge is 2.45. The first-order chi connectivity index (χ1) is 14.0. The Morgan fingerprint density at radius 2 is 1.63 bits per heavy atom. The molecule has 0 unspecified atom stereocenters. The standard InChI is InChI=1S/C24H29N3O3/c1-13(2)14-7-9-15(10-8-14)18-19-16(11-24(3,4)12-17(19)28)25-21-20(18)22(29)27(6)23(30)26(21)5/h7-11,13,18-19,25H,12H2,1-6H3/t18-,19-/m0/s1. The number of carbonyl (C=O) groups excluding carboxylic acids is 1. The molecule has 1 N–H and O–H groups in total. The number of ketones is 1. The van der Waals surface area contributed by atoms with Crippen LogP contribution in [0.15, 0.2) is 45.6 Å². The molecule has 0 amide bonds. The first-order valence-corrected chi connectivity index (χ1v) is 10.4. The number of hydrogen-bond donors (Lipinski definition) is 1. The van der Waals surface area contributed by atoms with Crippen molar-refractivity contribution in [2.24, 2.45) is 25.4 Å². The SMILES string of the molecule is CC(C)c1ccc([C@@H]2c3c(n(C)c(=O)n(C)c3=O)NC3=CC(C)(C)CC(=O)[C@H]32)cc1. The maximum absolute atomic E-state index is 13.3. The average molecular weight is 408 g/mol. The van der Waals surface area contributed by atoms with Crippen LogP contribution in [0.1, 0.15) is 62.6 Å². The molecular weight excluding hydrogens is 378 g/mol. The number of fused-ring (bicyclic) bond motifs is 2. The van der Waals surface area contributed by atoms with Gasteiger partial charge in [0.15, 0.2) is 0 Å². The van der Waals surface area contributed by atoms with E-state index in [0.717, 1.165) is 15.8 Å².